The minimum absolute atomic E-state index is 0.0689. The van der Waals surface area contributed by atoms with E-state index in [4.69, 9.17) is 14.2 Å². The Labute approximate surface area is 193 Å². The molecule has 176 valence electrons. The molecule has 0 bridgehead atoms. The summed E-state index contributed by atoms with van der Waals surface area (Å²) in [4.78, 5) is 30.2. The zero-order valence-corrected chi connectivity index (χ0v) is 19.1. The van der Waals surface area contributed by atoms with E-state index in [2.05, 4.69) is 32.1 Å². The highest BCUT2D eigenvalue weighted by molar-refractivity contribution is 5.79. The second-order valence-corrected chi connectivity index (χ2v) is 8.54. The summed E-state index contributed by atoms with van der Waals surface area (Å²) in [5.41, 5.74) is 1.77. The lowest BCUT2D eigenvalue weighted by molar-refractivity contribution is -0.137. The van der Waals surface area contributed by atoms with Gasteiger partial charge in [-0.05, 0) is 25.8 Å². The molecule has 3 aliphatic heterocycles. The Morgan fingerprint density at radius 2 is 2.06 bits per heavy atom. The van der Waals surface area contributed by atoms with E-state index in [1.54, 1.807) is 13.3 Å². The number of aromatic nitrogens is 3. The molecule has 2 fully saturated rings. The number of anilines is 2. The molecular formula is C23H30N6O4. The molecule has 2 aromatic heterocycles. The number of hydrogen-bond acceptors (Lipinski definition) is 9. The summed E-state index contributed by atoms with van der Waals surface area (Å²) in [6.07, 6.45) is 5.51. The fourth-order valence-electron chi connectivity index (χ4n) is 4.79. The molecule has 2 saturated heterocycles. The number of nitrogens with one attached hydrogen (secondary N) is 1. The maximum atomic E-state index is 12.9. The highest BCUT2D eigenvalue weighted by atomic mass is 16.5. The van der Waals surface area contributed by atoms with Crippen molar-refractivity contribution in [3.05, 3.63) is 30.2 Å². The molecule has 0 aromatic carbocycles. The molecule has 0 saturated carbocycles. The normalized spacial score (nSPS) is 22.7. The van der Waals surface area contributed by atoms with Crippen LogP contribution in [0.15, 0.2) is 24.7 Å². The van der Waals surface area contributed by atoms with Gasteiger partial charge in [-0.3, -0.25) is 4.79 Å². The van der Waals surface area contributed by atoms with Gasteiger partial charge in [-0.25, -0.2) is 9.97 Å². The van der Waals surface area contributed by atoms with Crippen molar-refractivity contribution in [3.63, 3.8) is 0 Å². The van der Waals surface area contributed by atoms with Gasteiger partial charge in [0.15, 0.2) is 5.82 Å². The first kappa shape index (κ1) is 21.7. The summed E-state index contributed by atoms with van der Waals surface area (Å²) in [5, 5.41) is 3.52. The fraction of sp³-hybridized carbons (Fsp3) is 0.565. The van der Waals surface area contributed by atoms with E-state index in [1.807, 2.05) is 17.0 Å². The molecule has 3 aliphatic rings. The topological polar surface area (TPSA) is 102 Å². The van der Waals surface area contributed by atoms with Crippen molar-refractivity contribution in [3.8, 4) is 11.8 Å². The Kier molecular flexibility index (Phi) is 6.17. The lowest BCUT2D eigenvalue weighted by Gasteiger charge is -2.26. The summed E-state index contributed by atoms with van der Waals surface area (Å²) in [7, 11) is 1.60. The Hall–Kier alpha value is -3.14. The van der Waals surface area contributed by atoms with Gasteiger partial charge in [-0.1, -0.05) is 0 Å². The quantitative estimate of drug-likeness (QED) is 0.704. The highest BCUT2D eigenvalue weighted by Crippen LogP contribution is 2.44. The van der Waals surface area contributed by atoms with Crippen LogP contribution in [0.1, 0.15) is 37.9 Å². The van der Waals surface area contributed by atoms with Gasteiger partial charge >= 0.3 is 0 Å². The van der Waals surface area contributed by atoms with Crippen LogP contribution in [0.4, 0.5) is 11.5 Å². The van der Waals surface area contributed by atoms with Crippen LogP contribution in [0, 0.1) is 5.92 Å². The van der Waals surface area contributed by atoms with Crippen molar-refractivity contribution in [2.45, 2.75) is 38.5 Å². The molecule has 5 rings (SSSR count). The molecule has 1 N–H and O–H groups in total. The number of carbonyl (C=O) groups is 1. The first-order valence-electron chi connectivity index (χ1n) is 11.6. The van der Waals surface area contributed by atoms with Crippen LogP contribution in [0.2, 0.25) is 0 Å². The van der Waals surface area contributed by atoms with Crippen molar-refractivity contribution >= 4 is 17.4 Å². The van der Waals surface area contributed by atoms with E-state index >= 15 is 0 Å². The predicted octanol–water partition coefficient (Wildman–Crippen LogP) is 2.24. The average molecular weight is 455 g/mol. The van der Waals surface area contributed by atoms with Crippen LogP contribution in [-0.2, 0) is 9.53 Å². The fourth-order valence-corrected chi connectivity index (χ4v) is 4.79. The Bertz CT molecular complexity index is 981. The molecule has 2 aromatic rings. The third kappa shape index (κ3) is 4.27. The van der Waals surface area contributed by atoms with Crippen molar-refractivity contribution < 1.29 is 19.0 Å². The standard InChI is InChI=1S/C23H30N6O4/c1-3-29-20(16-4-5-18(31-2)24-12-16)27-19-21(29)25-14-26-22(19)33-17-6-9-28(13-17)23(30)15-7-10-32-11-8-15/h4-5,12,14-15,17,20,27H,3,6-11,13H2,1-2H3. The van der Waals surface area contributed by atoms with E-state index in [-0.39, 0.29) is 24.1 Å². The van der Waals surface area contributed by atoms with Crippen LogP contribution >= 0.6 is 0 Å². The Morgan fingerprint density at radius 1 is 1.21 bits per heavy atom. The molecule has 5 heterocycles. The van der Waals surface area contributed by atoms with Crippen molar-refractivity contribution in [2.75, 3.05) is 50.2 Å². The van der Waals surface area contributed by atoms with Gasteiger partial charge in [0.2, 0.25) is 17.7 Å². The van der Waals surface area contributed by atoms with E-state index in [0.717, 1.165) is 42.9 Å². The third-order valence-electron chi connectivity index (χ3n) is 6.59. The van der Waals surface area contributed by atoms with E-state index in [9.17, 15) is 4.79 Å². The monoisotopic (exact) mass is 454 g/mol. The number of ether oxygens (including phenoxy) is 3. The number of rotatable bonds is 6. The van der Waals surface area contributed by atoms with Gasteiger partial charge in [0.1, 0.15) is 24.3 Å². The molecule has 10 heteroatoms. The zero-order valence-electron chi connectivity index (χ0n) is 19.1. The molecule has 1 amide bonds. The largest absolute Gasteiger partial charge is 0.481 e. The second kappa shape index (κ2) is 9.38. The lowest BCUT2D eigenvalue weighted by Crippen LogP contribution is -2.38. The predicted molar refractivity (Wildman–Crippen MR) is 121 cm³/mol. The summed E-state index contributed by atoms with van der Waals surface area (Å²) in [5.74, 6) is 2.19. The van der Waals surface area contributed by atoms with Crippen LogP contribution in [0.5, 0.6) is 11.8 Å². The number of methoxy groups -OCH3 is 1. The van der Waals surface area contributed by atoms with Crippen LogP contribution < -0.4 is 19.7 Å². The van der Waals surface area contributed by atoms with Gasteiger partial charge in [-0.15, -0.1) is 0 Å². The Morgan fingerprint density at radius 3 is 2.79 bits per heavy atom. The van der Waals surface area contributed by atoms with Gasteiger partial charge in [0, 0.05) is 56.5 Å². The van der Waals surface area contributed by atoms with Gasteiger partial charge in [0.25, 0.3) is 0 Å². The van der Waals surface area contributed by atoms with Gasteiger partial charge in [-0.2, -0.15) is 4.98 Å². The summed E-state index contributed by atoms with van der Waals surface area (Å²) in [6, 6.07) is 3.84. The highest BCUT2D eigenvalue weighted by Gasteiger charge is 2.36. The minimum Gasteiger partial charge on any atom is -0.481 e. The number of hydrogen-bond donors (Lipinski definition) is 1. The number of pyridine rings is 1. The smallest absolute Gasteiger partial charge is 0.243 e. The molecule has 2 unspecified atom stereocenters. The number of carbonyl (C=O) groups excluding carboxylic acids is 1. The zero-order chi connectivity index (χ0) is 22.8. The van der Waals surface area contributed by atoms with E-state index < -0.39 is 0 Å². The first-order valence-corrected chi connectivity index (χ1v) is 11.6. The number of nitrogens with zero attached hydrogens (tertiary/aromatic N) is 5. The first-order chi connectivity index (χ1) is 16.2. The van der Waals surface area contributed by atoms with E-state index in [0.29, 0.717) is 38.1 Å². The second-order valence-electron chi connectivity index (χ2n) is 8.54. The van der Waals surface area contributed by atoms with Crippen molar-refractivity contribution in [2.24, 2.45) is 5.92 Å². The van der Waals surface area contributed by atoms with Gasteiger partial charge in [0.05, 0.1) is 13.7 Å². The van der Waals surface area contributed by atoms with Crippen molar-refractivity contribution in [1.82, 2.24) is 19.9 Å². The molecule has 0 spiro atoms. The summed E-state index contributed by atoms with van der Waals surface area (Å²) < 4.78 is 16.9. The molecule has 33 heavy (non-hydrogen) atoms. The summed E-state index contributed by atoms with van der Waals surface area (Å²) >= 11 is 0. The Balaban J connectivity index is 1.29. The average Bonchev–Trinajstić information content (AvgIpc) is 3.49. The number of amides is 1. The van der Waals surface area contributed by atoms with Crippen LogP contribution in [-0.4, -0.2) is 71.8 Å². The van der Waals surface area contributed by atoms with Crippen molar-refractivity contribution in [1.29, 1.82) is 0 Å². The van der Waals surface area contributed by atoms with E-state index in [1.165, 1.54) is 6.33 Å². The number of fused-ring (bicyclic) bond motifs is 1. The maximum Gasteiger partial charge on any atom is 0.243 e. The molecule has 10 nitrogen and oxygen atoms in total. The van der Waals surface area contributed by atoms with Crippen LogP contribution in [0.25, 0.3) is 0 Å². The molecule has 2 atom stereocenters. The van der Waals surface area contributed by atoms with Gasteiger partial charge < -0.3 is 29.3 Å². The van der Waals surface area contributed by atoms with Crippen LogP contribution in [0.3, 0.4) is 0 Å². The lowest BCUT2D eigenvalue weighted by atomic mass is 9.99. The maximum absolute atomic E-state index is 12.9. The minimum atomic E-state index is -0.127. The third-order valence-corrected chi connectivity index (χ3v) is 6.59. The molecule has 0 aliphatic carbocycles. The summed E-state index contributed by atoms with van der Waals surface area (Å²) in [6.45, 7) is 5.47. The number of likely N-dealkylation sites (tertiary alicyclic amines) is 1. The molecular weight excluding hydrogens is 424 g/mol. The molecule has 0 radical (unpaired) electrons. The SMILES string of the molecule is CCN1c2ncnc(OC3CCN(C(=O)C4CCOCC4)C3)c2NC1c1ccc(OC)nc1.